The van der Waals surface area contributed by atoms with Crippen molar-refractivity contribution >= 4 is 18.2 Å². The summed E-state index contributed by atoms with van der Waals surface area (Å²) in [5, 5.41) is 18.2. The van der Waals surface area contributed by atoms with Crippen LogP contribution >= 0.6 is 0 Å². The van der Waals surface area contributed by atoms with Crippen molar-refractivity contribution in [2.24, 2.45) is 0 Å². The van der Waals surface area contributed by atoms with E-state index in [0.717, 1.165) is 11.1 Å². The Balaban J connectivity index is 3.15. The topological polar surface area (TPSA) is 40.5 Å². The van der Waals surface area contributed by atoms with Gasteiger partial charge in [-0.1, -0.05) is 55.1 Å². The second-order valence-corrected chi connectivity index (χ2v) is 3.36. The highest BCUT2D eigenvalue weighted by atomic mass is 16.4. The number of hydrogen-bond acceptors (Lipinski definition) is 2. The first-order chi connectivity index (χ1) is 7.69. The van der Waals surface area contributed by atoms with Gasteiger partial charge >= 0.3 is 7.12 Å². The van der Waals surface area contributed by atoms with Gasteiger partial charge in [0.15, 0.2) is 0 Å². The molecule has 0 aromatic heterocycles. The van der Waals surface area contributed by atoms with Crippen LogP contribution in [-0.2, 0) is 0 Å². The molecule has 0 aliphatic rings. The summed E-state index contributed by atoms with van der Waals surface area (Å²) in [6.45, 7) is 5.59. The standard InChI is InChI=1S/C13H15BO2/c1-3-6-11(7-4-2)12-8-5-9-13(10-12)14(15)16/h3-10,15-16H,1H2,2H3/b7-4-,11-6+. The van der Waals surface area contributed by atoms with Gasteiger partial charge in [-0.2, -0.15) is 0 Å². The highest BCUT2D eigenvalue weighted by Crippen LogP contribution is 2.14. The Kier molecular flexibility index (Phi) is 4.77. The fraction of sp³-hybridized carbons (Fsp3) is 0.0769. The minimum Gasteiger partial charge on any atom is -0.423 e. The molecule has 0 bridgehead atoms. The number of rotatable bonds is 4. The molecule has 1 aromatic rings. The molecule has 1 aromatic carbocycles. The van der Waals surface area contributed by atoms with Crippen LogP contribution in [0.1, 0.15) is 12.5 Å². The quantitative estimate of drug-likeness (QED) is 0.589. The Morgan fingerprint density at radius 2 is 2.12 bits per heavy atom. The summed E-state index contributed by atoms with van der Waals surface area (Å²) >= 11 is 0. The van der Waals surface area contributed by atoms with E-state index in [1.807, 2.05) is 31.2 Å². The van der Waals surface area contributed by atoms with Crippen LogP contribution in [0, 0.1) is 0 Å². The van der Waals surface area contributed by atoms with Crippen molar-refractivity contribution in [2.75, 3.05) is 0 Å². The van der Waals surface area contributed by atoms with E-state index >= 15 is 0 Å². The first-order valence-corrected chi connectivity index (χ1v) is 5.11. The van der Waals surface area contributed by atoms with Gasteiger partial charge < -0.3 is 10.0 Å². The zero-order valence-electron chi connectivity index (χ0n) is 9.30. The lowest BCUT2D eigenvalue weighted by atomic mass is 9.79. The maximum absolute atomic E-state index is 9.09. The molecule has 82 valence electrons. The molecule has 0 unspecified atom stereocenters. The van der Waals surface area contributed by atoms with Gasteiger partial charge in [-0.25, -0.2) is 0 Å². The number of hydrogen-bond donors (Lipinski definition) is 2. The highest BCUT2D eigenvalue weighted by Gasteiger charge is 2.11. The second kappa shape index (κ2) is 6.11. The fourth-order valence-electron chi connectivity index (χ4n) is 1.43. The summed E-state index contributed by atoms with van der Waals surface area (Å²) in [6, 6.07) is 7.14. The Hall–Kier alpha value is -1.58. The van der Waals surface area contributed by atoms with Crippen LogP contribution in [-0.4, -0.2) is 17.2 Å². The van der Waals surface area contributed by atoms with E-state index in [4.69, 9.17) is 10.0 Å². The van der Waals surface area contributed by atoms with Crippen LogP contribution in [0.3, 0.4) is 0 Å². The summed E-state index contributed by atoms with van der Waals surface area (Å²) in [4.78, 5) is 0. The maximum Gasteiger partial charge on any atom is 0.488 e. The van der Waals surface area contributed by atoms with Crippen molar-refractivity contribution in [3.05, 3.63) is 60.7 Å². The average molecular weight is 214 g/mol. The van der Waals surface area contributed by atoms with Crippen molar-refractivity contribution < 1.29 is 10.0 Å². The van der Waals surface area contributed by atoms with Gasteiger partial charge in [0.05, 0.1) is 0 Å². The zero-order valence-corrected chi connectivity index (χ0v) is 9.30. The molecule has 0 heterocycles. The molecule has 2 nitrogen and oxygen atoms in total. The summed E-state index contributed by atoms with van der Waals surface area (Å²) < 4.78 is 0. The van der Waals surface area contributed by atoms with Crippen molar-refractivity contribution in [1.29, 1.82) is 0 Å². The van der Waals surface area contributed by atoms with E-state index in [2.05, 4.69) is 6.58 Å². The van der Waals surface area contributed by atoms with E-state index in [0.29, 0.717) is 5.46 Å². The van der Waals surface area contributed by atoms with Crippen LogP contribution in [0.25, 0.3) is 5.57 Å². The molecule has 0 spiro atoms. The van der Waals surface area contributed by atoms with Gasteiger partial charge in [-0.05, 0) is 23.5 Å². The minimum atomic E-state index is -1.43. The Labute approximate surface area is 96.4 Å². The van der Waals surface area contributed by atoms with Gasteiger partial charge in [-0.15, -0.1) is 0 Å². The summed E-state index contributed by atoms with van der Waals surface area (Å²) in [5.74, 6) is 0. The van der Waals surface area contributed by atoms with Crippen LogP contribution in [0.2, 0.25) is 0 Å². The normalized spacial score (nSPS) is 11.8. The number of allylic oxidation sites excluding steroid dienone is 5. The van der Waals surface area contributed by atoms with E-state index in [-0.39, 0.29) is 0 Å². The van der Waals surface area contributed by atoms with E-state index in [1.165, 1.54) is 0 Å². The predicted octanol–water partition coefficient (Wildman–Crippen LogP) is 1.51. The Morgan fingerprint density at radius 1 is 1.38 bits per heavy atom. The third-order valence-electron chi connectivity index (χ3n) is 2.16. The van der Waals surface area contributed by atoms with Gasteiger partial charge in [0.2, 0.25) is 0 Å². The molecule has 0 saturated carbocycles. The van der Waals surface area contributed by atoms with Crippen LogP contribution in [0.5, 0.6) is 0 Å². The average Bonchev–Trinajstić information content (AvgIpc) is 2.29. The zero-order chi connectivity index (χ0) is 12.0. The minimum absolute atomic E-state index is 0.483. The molecule has 16 heavy (non-hydrogen) atoms. The third kappa shape index (κ3) is 3.23. The molecule has 0 fully saturated rings. The molecule has 0 aliphatic carbocycles. The molecule has 0 saturated heterocycles. The van der Waals surface area contributed by atoms with Crippen molar-refractivity contribution in [2.45, 2.75) is 6.92 Å². The Bertz CT molecular complexity index is 420. The Morgan fingerprint density at radius 3 is 2.69 bits per heavy atom. The first-order valence-electron chi connectivity index (χ1n) is 5.11. The molecule has 3 heteroatoms. The molecule has 2 N–H and O–H groups in total. The van der Waals surface area contributed by atoms with Crippen LogP contribution in [0.4, 0.5) is 0 Å². The van der Waals surface area contributed by atoms with E-state index in [9.17, 15) is 0 Å². The molecular formula is C13H15BO2. The largest absolute Gasteiger partial charge is 0.488 e. The second-order valence-electron chi connectivity index (χ2n) is 3.36. The SMILES string of the molecule is C=C/C=C(\C=C/C)c1cccc(B(O)O)c1. The van der Waals surface area contributed by atoms with Gasteiger partial charge in [0.1, 0.15) is 0 Å². The lowest BCUT2D eigenvalue weighted by Crippen LogP contribution is -2.29. The summed E-state index contributed by atoms with van der Waals surface area (Å²) in [6.07, 6.45) is 7.46. The molecule has 1 rings (SSSR count). The fourth-order valence-corrected chi connectivity index (χ4v) is 1.43. The first kappa shape index (κ1) is 12.5. The van der Waals surface area contributed by atoms with Gasteiger partial charge in [0.25, 0.3) is 0 Å². The van der Waals surface area contributed by atoms with Crippen LogP contribution < -0.4 is 5.46 Å². The molecule has 0 aliphatic heterocycles. The lowest BCUT2D eigenvalue weighted by Gasteiger charge is -2.05. The van der Waals surface area contributed by atoms with Gasteiger partial charge in [-0.3, -0.25) is 0 Å². The maximum atomic E-state index is 9.09. The van der Waals surface area contributed by atoms with Crippen molar-refractivity contribution in [3.8, 4) is 0 Å². The molecule has 0 amide bonds. The monoisotopic (exact) mass is 214 g/mol. The number of benzene rings is 1. The molecule has 0 radical (unpaired) electrons. The van der Waals surface area contributed by atoms with E-state index < -0.39 is 7.12 Å². The predicted molar refractivity (Wildman–Crippen MR) is 69.3 cm³/mol. The van der Waals surface area contributed by atoms with Crippen molar-refractivity contribution in [3.63, 3.8) is 0 Å². The van der Waals surface area contributed by atoms with Gasteiger partial charge in [0, 0.05) is 0 Å². The summed E-state index contributed by atoms with van der Waals surface area (Å²) in [5.41, 5.74) is 2.40. The van der Waals surface area contributed by atoms with Crippen LogP contribution in [0.15, 0.2) is 55.1 Å². The van der Waals surface area contributed by atoms with Crippen molar-refractivity contribution in [1.82, 2.24) is 0 Å². The van der Waals surface area contributed by atoms with E-state index in [1.54, 1.807) is 24.3 Å². The lowest BCUT2D eigenvalue weighted by molar-refractivity contribution is 0.426. The molecular weight excluding hydrogens is 199 g/mol. The summed E-state index contributed by atoms with van der Waals surface area (Å²) in [7, 11) is -1.43. The molecule has 0 atom stereocenters. The highest BCUT2D eigenvalue weighted by molar-refractivity contribution is 6.58. The third-order valence-corrected chi connectivity index (χ3v) is 2.16. The smallest absolute Gasteiger partial charge is 0.423 e.